The van der Waals surface area contributed by atoms with Crippen LogP contribution >= 0.6 is 0 Å². The predicted octanol–water partition coefficient (Wildman–Crippen LogP) is 3.83. The minimum Gasteiger partial charge on any atom is -0.481 e. The van der Waals surface area contributed by atoms with Gasteiger partial charge in [-0.25, -0.2) is 0 Å². The maximum absolute atomic E-state index is 10.3. The summed E-state index contributed by atoms with van der Waals surface area (Å²) in [4.78, 5) is 10.3. The summed E-state index contributed by atoms with van der Waals surface area (Å²) in [5, 5.41) is 27.9. The van der Waals surface area contributed by atoms with Crippen LogP contribution in [0.2, 0.25) is 0 Å². The SMILES string of the molecule is CCCCC(O)C(O)C=CC=CCCCCCCCC(=O)O. The highest BCUT2D eigenvalue weighted by Crippen LogP contribution is 2.08. The lowest BCUT2D eigenvalue weighted by Gasteiger charge is -2.13. The van der Waals surface area contributed by atoms with Crippen LogP contribution in [0.25, 0.3) is 0 Å². The summed E-state index contributed by atoms with van der Waals surface area (Å²) in [7, 11) is 0. The average molecular weight is 312 g/mol. The summed E-state index contributed by atoms with van der Waals surface area (Å²) in [6, 6.07) is 0. The number of rotatable bonds is 14. The van der Waals surface area contributed by atoms with E-state index in [1.54, 1.807) is 12.2 Å². The third kappa shape index (κ3) is 13.8. The van der Waals surface area contributed by atoms with Crippen LogP contribution in [-0.4, -0.2) is 33.5 Å². The molecule has 22 heavy (non-hydrogen) atoms. The van der Waals surface area contributed by atoms with E-state index in [0.717, 1.165) is 51.4 Å². The van der Waals surface area contributed by atoms with Crippen molar-refractivity contribution in [1.29, 1.82) is 0 Å². The molecule has 128 valence electrons. The van der Waals surface area contributed by atoms with Gasteiger partial charge in [-0.2, -0.15) is 0 Å². The first kappa shape index (κ1) is 20.9. The molecule has 0 saturated heterocycles. The van der Waals surface area contributed by atoms with Crippen LogP contribution in [0.3, 0.4) is 0 Å². The maximum Gasteiger partial charge on any atom is 0.303 e. The second-order valence-electron chi connectivity index (χ2n) is 5.71. The number of aliphatic hydroxyl groups is 2. The third-order valence-electron chi connectivity index (χ3n) is 3.56. The first-order valence-electron chi connectivity index (χ1n) is 8.49. The van der Waals surface area contributed by atoms with Gasteiger partial charge in [0.25, 0.3) is 0 Å². The summed E-state index contributed by atoms with van der Waals surface area (Å²) < 4.78 is 0. The van der Waals surface area contributed by atoms with Gasteiger partial charge >= 0.3 is 5.97 Å². The van der Waals surface area contributed by atoms with Crippen LogP contribution in [0.5, 0.6) is 0 Å². The summed E-state index contributed by atoms with van der Waals surface area (Å²) >= 11 is 0. The topological polar surface area (TPSA) is 77.8 Å². The molecule has 0 heterocycles. The van der Waals surface area contributed by atoms with Crippen molar-refractivity contribution in [2.24, 2.45) is 0 Å². The highest BCUT2D eigenvalue weighted by Gasteiger charge is 2.11. The monoisotopic (exact) mass is 312 g/mol. The molecular weight excluding hydrogens is 280 g/mol. The van der Waals surface area contributed by atoms with Crippen molar-refractivity contribution < 1.29 is 20.1 Å². The number of allylic oxidation sites excluding steroid dienone is 3. The van der Waals surface area contributed by atoms with Gasteiger partial charge in [0, 0.05) is 6.42 Å². The van der Waals surface area contributed by atoms with Gasteiger partial charge in [-0.3, -0.25) is 4.79 Å². The molecule has 2 unspecified atom stereocenters. The Bertz CT molecular complexity index is 323. The molecule has 3 N–H and O–H groups in total. The molecule has 0 fully saturated rings. The minimum absolute atomic E-state index is 0.275. The summed E-state index contributed by atoms with van der Waals surface area (Å²) in [5.41, 5.74) is 0. The van der Waals surface area contributed by atoms with Crippen molar-refractivity contribution >= 4 is 5.97 Å². The van der Waals surface area contributed by atoms with Gasteiger partial charge in [-0.15, -0.1) is 0 Å². The van der Waals surface area contributed by atoms with Gasteiger partial charge in [-0.05, 0) is 25.7 Å². The lowest BCUT2D eigenvalue weighted by molar-refractivity contribution is -0.137. The molecular formula is C18H32O4. The van der Waals surface area contributed by atoms with Gasteiger partial charge in [0.2, 0.25) is 0 Å². The van der Waals surface area contributed by atoms with Crippen molar-refractivity contribution in [2.75, 3.05) is 0 Å². The first-order valence-corrected chi connectivity index (χ1v) is 8.49. The molecule has 0 aliphatic heterocycles. The molecule has 0 spiro atoms. The van der Waals surface area contributed by atoms with Crippen molar-refractivity contribution in [3.63, 3.8) is 0 Å². The van der Waals surface area contributed by atoms with Crippen LogP contribution in [0.1, 0.15) is 71.1 Å². The summed E-state index contributed by atoms with van der Waals surface area (Å²) in [6.07, 6.45) is 14.8. The Kier molecular flexibility index (Phi) is 14.0. The Morgan fingerprint density at radius 2 is 1.68 bits per heavy atom. The number of hydrogen-bond acceptors (Lipinski definition) is 3. The maximum atomic E-state index is 10.3. The van der Waals surface area contributed by atoms with E-state index in [1.165, 1.54) is 0 Å². The zero-order valence-electron chi connectivity index (χ0n) is 13.8. The molecule has 0 aromatic heterocycles. The van der Waals surface area contributed by atoms with Gasteiger partial charge in [0.05, 0.1) is 12.2 Å². The zero-order chi connectivity index (χ0) is 16.6. The number of aliphatic carboxylic acids is 1. The fourth-order valence-corrected chi connectivity index (χ4v) is 2.13. The lowest BCUT2D eigenvalue weighted by Crippen LogP contribution is -2.23. The van der Waals surface area contributed by atoms with E-state index in [1.807, 2.05) is 6.08 Å². The molecule has 0 radical (unpaired) electrons. The minimum atomic E-state index is -0.787. The average Bonchev–Trinajstić information content (AvgIpc) is 2.49. The zero-order valence-corrected chi connectivity index (χ0v) is 13.8. The first-order chi connectivity index (χ1) is 10.6. The Balaban J connectivity index is 3.53. The lowest BCUT2D eigenvalue weighted by atomic mass is 10.1. The number of carboxylic acids is 1. The molecule has 0 aromatic carbocycles. The van der Waals surface area contributed by atoms with Crippen LogP contribution in [0.4, 0.5) is 0 Å². The normalized spacial score (nSPS) is 14.7. The molecule has 4 heteroatoms. The molecule has 0 aliphatic rings. The third-order valence-corrected chi connectivity index (χ3v) is 3.56. The molecule has 2 atom stereocenters. The van der Waals surface area contributed by atoms with Crippen molar-refractivity contribution in [1.82, 2.24) is 0 Å². The molecule has 4 nitrogen and oxygen atoms in total. The van der Waals surface area contributed by atoms with E-state index in [9.17, 15) is 15.0 Å². The molecule has 0 aliphatic carbocycles. The second kappa shape index (κ2) is 14.8. The van der Waals surface area contributed by atoms with Gasteiger partial charge < -0.3 is 15.3 Å². The van der Waals surface area contributed by atoms with Gasteiger partial charge in [0.15, 0.2) is 0 Å². The fraction of sp³-hybridized carbons (Fsp3) is 0.722. The van der Waals surface area contributed by atoms with E-state index in [-0.39, 0.29) is 6.42 Å². The van der Waals surface area contributed by atoms with Gasteiger partial charge in [0.1, 0.15) is 0 Å². The number of unbranched alkanes of at least 4 members (excludes halogenated alkanes) is 6. The second-order valence-corrected chi connectivity index (χ2v) is 5.71. The Morgan fingerprint density at radius 1 is 1.00 bits per heavy atom. The number of carboxylic acid groups (broad SMARTS) is 1. The highest BCUT2D eigenvalue weighted by molar-refractivity contribution is 5.66. The van der Waals surface area contributed by atoms with E-state index < -0.39 is 18.2 Å². The number of carbonyl (C=O) groups is 1. The predicted molar refractivity (Wildman–Crippen MR) is 89.8 cm³/mol. The summed E-state index contributed by atoms with van der Waals surface area (Å²) in [5.74, 6) is -0.711. The fourth-order valence-electron chi connectivity index (χ4n) is 2.13. The van der Waals surface area contributed by atoms with Crippen LogP contribution in [0.15, 0.2) is 24.3 Å². The quantitative estimate of drug-likeness (QED) is 0.336. The van der Waals surface area contributed by atoms with Crippen LogP contribution < -0.4 is 0 Å². The highest BCUT2D eigenvalue weighted by atomic mass is 16.4. The van der Waals surface area contributed by atoms with E-state index >= 15 is 0 Å². The number of hydrogen-bond donors (Lipinski definition) is 3. The van der Waals surface area contributed by atoms with Gasteiger partial charge in [-0.1, -0.05) is 63.3 Å². The molecule has 0 aromatic rings. The smallest absolute Gasteiger partial charge is 0.303 e. The van der Waals surface area contributed by atoms with Crippen molar-refractivity contribution in [3.05, 3.63) is 24.3 Å². The van der Waals surface area contributed by atoms with E-state index in [0.29, 0.717) is 6.42 Å². The molecule has 0 rings (SSSR count). The molecule has 0 saturated carbocycles. The van der Waals surface area contributed by atoms with Crippen molar-refractivity contribution in [2.45, 2.75) is 83.3 Å². The van der Waals surface area contributed by atoms with Crippen molar-refractivity contribution in [3.8, 4) is 0 Å². The van der Waals surface area contributed by atoms with Crippen LogP contribution in [-0.2, 0) is 4.79 Å². The number of aliphatic hydroxyl groups excluding tert-OH is 2. The van der Waals surface area contributed by atoms with E-state index in [4.69, 9.17) is 5.11 Å². The largest absolute Gasteiger partial charge is 0.481 e. The Hall–Kier alpha value is -1.13. The molecule has 0 amide bonds. The van der Waals surface area contributed by atoms with Crippen LogP contribution in [0, 0.1) is 0 Å². The molecule has 0 bridgehead atoms. The van der Waals surface area contributed by atoms with E-state index in [2.05, 4.69) is 13.0 Å². The Morgan fingerprint density at radius 3 is 2.36 bits per heavy atom. The summed E-state index contributed by atoms with van der Waals surface area (Å²) in [6.45, 7) is 2.06. The standard InChI is InChI=1S/C18H32O4/c1-2-3-13-16(19)17(20)14-11-9-7-5-4-6-8-10-12-15-18(21)22/h7,9,11,14,16-17,19-20H,2-6,8,10,12-13,15H2,1H3,(H,21,22). The Labute approximate surface area is 134 Å².